The van der Waals surface area contributed by atoms with E-state index in [1.54, 1.807) is 61.5 Å². The Kier molecular flexibility index (Phi) is 29.1. The van der Waals surface area contributed by atoms with Crippen LogP contribution in [0.5, 0.6) is 5.75 Å². The van der Waals surface area contributed by atoms with Crippen LogP contribution in [-0.4, -0.2) is 170 Å². The van der Waals surface area contributed by atoms with E-state index in [2.05, 4.69) is 16.0 Å². The molecule has 0 aliphatic carbocycles. The summed E-state index contributed by atoms with van der Waals surface area (Å²) >= 11 is 0.827. The number of carbonyl (C=O) groups is 6. The summed E-state index contributed by atoms with van der Waals surface area (Å²) in [5.74, 6) is -5.38. The van der Waals surface area contributed by atoms with Crippen LogP contribution in [0.4, 0.5) is 8.78 Å². The minimum absolute atomic E-state index is 0.00416. The van der Waals surface area contributed by atoms with Gasteiger partial charge in [-0.3, -0.25) is 42.8 Å². The average molecular weight is 1240 g/mol. The maximum atomic E-state index is 14.9. The number of aromatic hydroxyl groups is 1. The van der Waals surface area contributed by atoms with E-state index in [-0.39, 0.29) is 117 Å². The van der Waals surface area contributed by atoms with Gasteiger partial charge in [0.2, 0.25) is 17.7 Å². The number of amides is 5. The molecule has 26 heteroatoms. The number of thioether (sulfide) groups is 1. The first-order valence-corrected chi connectivity index (χ1v) is 29.7. The van der Waals surface area contributed by atoms with E-state index >= 15 is 0 Å². The second kappa shape index (κ2) is 37.0. The van der Waals surface area contributed by atoms with Crippen molar-refractivity contribution in [3.63, 3.8) is 0 Å². The van der Waals surface area contributed by atoms with Gasteiger partial charge in [-0.2, -0.15) is 0 Å². The molecular formula is C62H75F2N7O16S. The summed E-state index contributed by atoms with van der Waals surface area (Å²) < 4.78 is 65.0. The number of hydrogen-bond donors (Lipinski definition) is 6. The largest absolute Gasteiger partial charge is 0.508 e. The molecule has 6 rings (SSSR count). The number of carboxylic acid groups (broad SMARTS) is 1. The Bertz CT molecular complexity index is 3260. The summed E-state index contributed by atoms with van der Waals surface area (Å²) in [6.07, 6.45) is 2.05. The molecule has 5 aromatic rings. The molecule has 2 atom stereocenters. The molecule has 23 nitrogen and oxygen atoms in total. The number of halogens is 2. The minimum atomic E-state index is -1.34. The Morgan fingerprint density at radius 2 is 1.19 bits per heavy atom. The number of phenols is 1. The minimum Gasteiger partial charge on any atom is -0.508 e. The number of imide groups is 1. The third-order valence-corrected chi connectivity index (χ3v) is 14.8. The summed E-state index contributed by atoms with van der Waals surface area (Å²) in [7, 11) is 0. The van der Waals surface area contributed by atoms with Crippen LogP contribution in [0, 0.1) is 18.6 Å². The van der Waals surface area contributed by atoms with E-state index in [0.29, 0.717) is 76.8 Å². The van der Waals surface area contributed by atoms with Crippen molar-refractivity contribution in [2.75, 3.05) is 105 Å². The Hall–Kier alpha value is -7.95. The maximum Gasteiger partial charge on any atom is 0.331 e. The molecule has 0 fully saturated rings. The van der Waals surface area contributed by atoms with Crippen molar-refractivity contribution in [2.24, 2.45) is 5.73 Å². The predicted molar refractivity (Wildman–Crippen MR) is 321 cm³/mol. The molecule has 0 bridgehead atoms. The number of rotatable bonds is 41. The van der Waals surface area contributed by atoms with Gasteiger partial charge in [-0.25, -0.2) is 18.4 Å². The lowest BCUT2D eigenvalue weighted by Crippen LogP contribution is -2.44. The van der Waals surface area contributed by atoms with Gasteiger partial charge in [0.05, 0.1) is 103 Å². The fourth-order valence-electron chi connectivity index (χ4n) is 8.91. The Labute approximate surface area is 511 Å². The number of aromatic nitrogens is 2. The molecule has 1 unspecified atom stereocenters. The molecule has 0 spiro atoms. The fraction of sp³-hybridized carbons (Fsp3) is 0.419. The molecular weight excluding hydrogens is 1170 g/mol. The lowest BCUT2D eigenvalue weighted by atomic mass is 10.00. The van der Waals surface area contributed by atoms with Gasteiger partial charge in [-0.15, -0.1) is 11.8 Å². The first-order valence-electron chi connectivity index (χ1n) is 28.7. The third kappa shape index (κ3) is 22.6. The quantitative estimate of drug-likeness (QED) is 0.0241. The van der Waals surface area contributed by atoms with Crippen molar-refractivity contribution < 1.29 is 76.2 Å². The Balaban J connectivity index is 0.743. The van der Waals surface area contributed by atoms with E-state index in [0.717, 1.165) is 50.6 Å². The fourth-order valence-corrected chi connectivity index (χ4v) is 9.90. The lowest BCUT2D eigenvalue weighted by molar-refractivity contribution is -0.141. The zero-order valence-electron chi connectivity index (χ0n) is 48.9. The van der Waals surface area contributed by atoms with Crippen molar-refractivity contribution >= 4 is 47.3 Å². The number of carboxylic acids is 1. The number of nitrogens with zero attached hydrogens (tertiary/aromatic N) is 3. The van der Waals surface area contributed by atoms with E-state index < -0.39 is 65.2 Å². The van der Waals surface area contributed by atoms with Gasteiger partial charge >= 0.3 is 11.7 Å². The number of phenolic OH excluding ortho intramolecular Hbond substituents is 1. The Morgan fingerprint density at radius 3 is 1.80 bits per heavy atom. The van der Waals surface area contributed by atoms with Crippen LogP contribution >= 0.6 is 11.8 Å². The molecule has 0 saturated heterocycles. The number of benzene rings is 4. The molecule has 88 heavy (non-hydrogen) atoms. The highest BCUT2D eigenvalue weighted by Crippen LogP contribution is 2.26. The van der Waals surface area contributed by atoms with Crippen molar-refractivity contribution in [1.29, 1.82) is 0 Å². The number of nitrogens with one attached hydrogen (secondary N) is 3. The second-order valence-corrected chi connectivity index (χ2v) is 21.1. The highest BCUT2D eigenvalue weighted by molar-refractivity contribution is 8.04. The standard InChI is InChI=1S/C62H75F2N7O16S/c1-42-58(60(78)71(40-51(65)45-8-3-2-4-9-45)62(81)70(42)39-48-49(63)11-6-12-50(48)64)46-10-5-7-44(37-46)16-20-55(74)67-23-26-83-28-30-85-32-34-87-36-35-86-33-31-84-29-27-82-25-21-56(75)68-52(61(79)80)41-88-53-38-57(76)69(59(53)77)24-22-66-54(73)19-15-43-13-17-47(72)18-14-43/h2-14,17-18,37-38,51-52,72H,15-16,19-36,39-41,65H2,1H3,(H,66,73)(H,67,74)(H,68,75)(H,79,80)/t51-,52?/m0/s1. The number of hydrogen-bond acceptors (Lipinski definition) is 17. The van der Waals surface area contributed by atoms with Crippen molar-refractivity contribution in [3.05, 3.63) is 168 Å². The van der Waals surface area contributed by atoms with Crippen LogP contribution in [-0.2, 0) is 83.1 Å². The number of nitrogens with two attached hydrogens (primary N) is 1. The highest BCUT2D eigenvalue weighted by Gasteiger charge is 2.33. The van der Waals surface area contributed by atoms with Crippen LogP contribution in [0.15, 0.2) is 118 Å². The molecule has 1 aliphatic rings. The average Bonchev–Trinajstić information content (AvgIpc) is 2.56. The summed E-state index contributed by atoms with van der Waals surface area (Å²) in [4.78, 5) is 104. The summed E-state index contributed by atoms with van der Waals surface area (Å²) in [6.45, 7) is 4.35. The number of ether oxygens (including phenoxy) is 6. The van der Waals surface area contributed by atoms with Gasteiger partial charge in [-0.1, -0.05) is 72.8 Å². The molecule has 0 saturated carbocycles. The molecule has 0 radical (unpaired) electrons. The van der Waals surface area contributed by atoms with Crippen LogP contribution in [0.3, 0.4) is 0 Å². The van der Waals surface area contributed by atoms with Crippen LogP contribution in [0.2, 0.25) is 0 Å². The van der Waals surface area contributed by atoms with Gasteiger partial charge in [0, 0.05) is 68.0 Å². The van der Waals surface area contributed by atoms with E-state index in [1.807, 2.05) is 12.1 Å². The Morgan fingerprint density at radius 1 is 0.636 bits per heavy atom. The third-order valence-electron chi connectivity index (χ3n) is 13.7. The summed E-state index contributed by atoms with van der Waals surface area (Å²) in [5, 5.41) is 27.0. The predicted octanol–water partition coefficient (Wildman–Crippen LogP) is 3.56. The smallest absolute Gasteiger partial charge is 0.331 e. The van der Waals surface area contributed by atoms with Crippen LogP contribution in [0.1, 0.15) is 53.3 Å². The normalized spacial score (nSPS) is 12.9. The first kappa shape index (κ1) is 69.2. The SMILES string of the molecule is Cc1c(-c2cccc(CCC(=O)NCCOCCOCCOCCOCCOCCOCCC(=O)NC(CSC3=CC(=O)N(CCNC(=O)CCc4ccc(O)cc4)C3=O)C(=O)O)c2)c(=O)n(C[C@H](N)c2ccccc2)c(=O)n1Cc1c(F)cccc1F. The molecule has 7 N–H and O–H groups in total. The van der Waals surface area contributed by atoms with Gasteiger partial charge in [0.1, 0.15) is 23.4 Å². The topological polar surface area (TPSA) is 308 Å². The zero-order chi connectivity index (χ0) is 63.2. The number of aliphatic carboxylic acids is 1. The molecule has 2 heterocycles. The van der Waals surface area contributed by atoms with Crippen molar-refractivity contribution in [2.45, 2.75) is 64.2 Å². The van der Waals surface area contributed by atoms with Gasteiger partial charge in [-0.05, 0) is 66.3 Å². The van der Waals surface area contributed by atoms with Gasteiger partial charge in [0.25, 0.3) is 17.4 Å². The summed E-state index contributed by atoms with van der Waals surface area (Å²) in [5.41, 5.74) is 7.90. The number of aryl methyl sites for hydroxylation is 2. The van der Waals surface area contributed by atoms with Gasteiger partial charge < -0.3 is 60.3 Å². The van der Waals surface area contributed by atoms with Crippen molar-refractivity contribution in [1.82, 2.24) is 30.0 Å². The van der Waals surface area contributed by atoms with Crippen LogP contribution < -0.4 is 32.9 Å². The zero-order valence-corrected chi connectivity index (χ0v) is 49.7. The molecule has 4 aromatic carbocycles. The molecule has 5 amide bonds. The molecule has 1 aromatic heterocycles. The van der Waals surface area contributed by atoms with E-state index in [9.17, 15) is 57.4 Å². The maximum absolute atomic E-state index is 14.9. The molecule has 1 aliphatic heterocycles. The number of carbonyl (C=O) groups excluding carboxylic acids is 5. The molecule has 474 valence electrons. The van der Waals surface area contributed by atoms with Crippen molar-refractivity contribution in [3.8, 4) is 16.9 Å². The second-order valence-electron chi connectivity index (χ2n) is 20.0. The van der Waals surface area contributed by atoms with E-state index in [4.69, 9.17) is 34.2 Å². The first-order chi connectivity index (χ1) is 42.5. The highest BCUT2D eigenvalue weighted by atomic mass is 32.2. The summed E-state index contributed by atoms with van der Waals surface area (Å²) in [6, 6.07) is 23.8. The van der Waals surface area contributed by atoms with Crippen LogP contribution in [0.25, 0.3) is 11.1 Å². The van der Waals surface area contributed by atoms with Gasteiger partial charge in [0.15, 0.2) is 0 Å². The lowest BCUT2D eigenvalue weighted by Gasteiger charge is -2.20. The van der Waals surface area contributed by atoms with E-state index in [1.165, 1.54) is 22.8 Å². The monoisotopic (exact) mass is 1240 g/mol.